The Morgan fingerprint density at radius 2 is 1.50 bits per heavy atom. The van der Waals surface area contributed by atoms with E-state index >= 15 is 0 Å². The van der Waals surface area contributed by atoms with E-state index in [4.69, 9.17) is 0 Å². The maximum atomic E-state index is 4.59. The molecule has 4 aromatic rings. The van der Waals surface area contributed by atoms with Gasteiger partial charge in [0.25, 0.3) is 0 Å². The molecule has 1 N–H and O–H groups in total. The highest BCUT2D eigenvalue weighted by Crippen LogP contribution is 2.51. The fourth-order valence-corrected chi connectivity index (χ4v) is 6.26. The van der Waals surface area contributed by atoms with Crippen molar-refractivity contribution in [2.75, 3.05) is 15.1 Å². The first-order valence-electron chi connectivity index (χ1n) is 13.8. The van der Waals surface area contributed by atoms with E-state index < -0.39 is 0 Å². The minimum atomic E-state index is -0.279. The summed E-state index contributed by atoms with van der Waals surface area (Å²) in [5, 5.41) is 3.84. The van der Waals surface area contributed by atoms with E-state index in [1.807, 2.05) is 18.2 Å². The molecule has 3 heteroatoms. The van der Waals surface area contributed by atoms with Gasteiger partial charge >= 0.3 is 0 Å². The maximum Gasteiger partial charge on any atom is 0.130 e. The molecule has 0 aromatic heterocycles. The lowest BCUT2D eigenvalue weighted by atomic mass is 9.72. The van der Waals surface area contributed by atoms with Crippen LogP contribution in [0, 0.1) is 6.92 Å². The van der Waals surface area contributed by atoms with Crippen LogP contribution in [0.5, 0.6) is 0 Å². The monoisotopic (exact) mass is 521 g/mol. The second-order valence-corrected chi connectivity index (χ2v) is 11.0. The third kappa shape index (κ3) is 3.89. The van der Waals surface area contributed by atoms with E-state index in [0.29, 0.717) is 0 Å². The predicted molar refractivity (Wildman–Crippen MR) is 171 cm³/mol. The molecule has 1 unspecified atom stereocenters. The highest BCUT2D eigenvalue weighted by Gasteiger charge is 2.38. The first-order chi connectivity index (χ1) is 19.4. The summed E-state index contributed by atoms with van der Waals surface area (Å²) in [6, 6.07) is 34.3. The Labute approximate surface area is 238 Å². The number of nitrogens with zero attached hydrogens (tertiary/aromatic N) is 2. The molecule has 0 bridgehead atoms. The molecule has 0 saturated carbocycles. The van der Waals surface area contributed by atoms with Crippen molar-refractivity contribution in [3.05, 3.63) is 162 Å². The Morgan fingerprint density at radius 1 is 0.800 bits per heavy atom. The zero-order chi connectivity index (χ0) is 28.0. The average molecular weight is 522 g/mol. The first-order valence-corrected chi connectivity index (χ1v) is 13.8. The van der Waals surface area contributed by atoms with Gasteiger partial charge in [-0.05, 0) is 71.7 Å². The van der Waals surface area contributed by atoms with Crippen LogP contribution in [-0.4, -0.2) is 0 Å². The molecule has 2 heterocycles. The van der Waals surface area contributed by atoms with Gasteiger partial charge in [-0.15, -0.1) is 0 Å². The molecule has 0 amide bonds. The van der Waals surface area contributed by atoms with Gasteiger partial charge < -0.3 is 15.1 Å². The predicted octanol–water partition coefficient (Wildman–Crippen LogP) is 9.65. The number of anilines is 4. The number of hydrogen-bond donors (Lipinski definition) is 1. The first kappa shape index (κ1) is 25.5. The van der Waals surface area contributed by atoms with Crippen molar-refractivity contribution in [1.29, 1.82) is 0 Å². The van der Waals surface area contributed by atoms with Crippen LogP contribution in [0.2, 0.25) is 0 Å². The van der Waals surface area contributed by atoms with Gasteiger partial charge in [0.2, 0.25) is 0 Å². The largest absolute Gasteiger partial charge is 0.361 e. The fraction of sp³-hybridized carbons (Fsp3) is 0.135. The molecule has 1 atom stereocenters. The zero-order valence-corrected chi connectivity index (χ0v) is 23.5. The van der Waals surface area contributed by atoms with E-state index in [1.54, 1.807) is 0 Å². The van der Waals surface area contributed by atoms with Crippen molar-refractivity contribution in [2.24, 2.45) is 0 Å². The Kier molecular flexibility index (Phi) is 6.23. The second kappa shape index (κ2) is 9.77. The average Bonchev–Trinajstić information content (AvgIpc) is 2.97. The summed E-state index contributed by atoms with van der Waals surface area (Å²) in [4.78, 5) is 4.64. The Bertz CT molecular complexity index is 1670. The molecule has 0 aliphatic carbocycles. The molecule has 40 heavy (non-hydrogen) atoms. The third-order valence-electron chi connectivity index (χ3n) is 8.31. The molecule has 6 rings (SSSR count). The van der Waals surface area contributed by atoms with Gasteiger partial charge in [0.05, 0.1) is 5.69 Å². The van der Waals surface area contributed by atoms with E-state index in [-0.39, 0.29) is 11.6 Å². The van der Waals surface area contributed by atoms with Gasteiger partial charge in [-0.3, -0.25) is 0 Å². The minimum absolute atomic E-state index is 0.133. The van der Waals surface area contributed by atoms with Crippen molar-refractivity contribution < 1.29 is 0 Å². The van der Waals surface area contributed by atoms with Crippen LogP contribution in [0.3, 0.4) is 0 Å². The van der Waals surface area contributed by atoms with Gasteiger partial charge in [-0.2, -0.15) is 0 Å². The summed E-state index contributed by atoms with van der Waals surface area (Å²) in [5.41, 5.74) is 12.1. The molecule has 198 valence electrons. The van der Waals surface area contributed by atoms with Crippen LogP contribution in [0.15, 0.2) is 140 Å². The Morgan fingerprint density at radius 3 is 2.23 bits per heavy atom. The lowest BCUT2D eigenvalue weighted by Gasteiger charge is -2.44. The van der Waals surface area contributed by atoms with Gasteiger partial charge in [0.1, 0.15) is 6.17 Å². The number of allylic oxidation sites excluding steroid dienone is 3. The molecule has 0 saturated heterocycles. The highest BCUT2D eigenvalue weighted by molar-refractivity contribution is 5.89. The number of rotatable bonds is 5. The summed E-state index contributed by atoms with van der Waals surface area (Å²) in [6.45, 7) is 19.7. The van der Waals surface area contributed by atoms with Gasteiger partial charge in [0, 0.05) is 39.4 Å². The SMILES string of the molecule is C=CC1=C(C=C)C(C)(C)c2cc(C3Nc4ccccc4C(=C)N3c3ccccc3C)ccc2N1c1ccccc1. The molecule has 2 aliphatic rings. The summed E-state index contributed by atoms with van der Waals surface area (Å²) >= 11 is 0. The number of aryl methyl sites for hydroxylation is 1. The number of nitrogens with one attached hydrogen (secondary N) is 1. The summed E-state index contributed by atoms with van der Waals surface area (Å²) < 4.78 is 0. The maximum absolute atomic E-state index is 4.59. The highest BCUT2D eigenvalue weighted by atomic mass is 15.3. The van der Waals surface area contributed by atoms with Crippen molar-refractivity contribution >= 4 is 28.4 Å². The van der Waals surface area contributed by atoms with Crippen LogP contribution in [0.4, 0.5) is 22.7 Å². The van der Waals surface area contributed by atoms with Crippen LogP contribution in [-0.2, 0) is 5.41 Å². The summed E-state index contributed by atoms with van der Waals surface area (Å²) in [6.07, 6.45) is 3.80. The minimum Gasteiger partial charge on any atom is -0.361 e. The smallest absolute Gasteiger partial charge is 0.130 e. The lowest BCUT2D eigenvalue weighted by Crippen LogP contribution is -2.38. The standard InChI is InChI=1S/C37H35N3/c1-7-30-33(8-2)40(28-17-10-9-11-18-28)35-23-22-27(24-31(35)37(30,5)6)36-38-32-20-14-13-19-29(32)26(4)39(36)34-21-15-12-16-25(34)3/h7-24,36,38H,1-2,4H2,3,5-6H3. The lowest BCUT2D eigenvalue weighted by molar-refractivity contribution is 0.618. The molecule has 3 nitrogen and oxygen atoms in total. The topological polar surface area (TPSA) is 18.5 Å². The van der Waals surface area contributed by atoms with E-state index in [9.17, 15) is 0 Å². The van der Waals surface area contributed by atoms with E-state index in [2.05, 4.69) is 147 Å². The van der Waals surface area contributed by atoms with Crippen LogP contribution >= 0.6 is 0 Å². The van der Waals surface area contributed by atoms with Crippen LogP contribution in [0.1, 0.15) is 42.3 Å². The zero-order valence-electron chi connectivity index (χ0n) is 23.5. The molecule has 0 fully saturated rings. The van der Waals surface area contributed by atoms with E-state index in [0.717, 1.165) is 45.3 Å². The molecular formula is C37H35N3. The van der Waals surface area contributed by atoms with E-state index in [1.165, 1.54) is 16.7 Å². The molecule has 0 spiro atoms. The number of hydrogen-bond acceptors (Lipinski definition) is 3. The molecule has 4 aromatic carbocycles. The molecular weight excluding hydrogens is 486 g/mol. The van der Waals surface area contributed by atoms with Crippen molar-refractivity contribution in [2.45, 2.75) is 32.4 Å². The van der Waals surface area contributed by atoms with Gasteiger partial charge in [-0.25, -0.2) is 0 Å². The van der Waals surface area contributed by atoms with Crippen molar-refractivity contribution in [3.8, 4) is 0 Å². The second-order valence-electron chi connectivity index (χ2n) is 11.0. The Balaban J connectivity index is 1.56. The third-order valence-corrected chi connectivity index (χ3v) is 8.31. The van der Waals surface area contributed by atoms with Crippen molar-refractivity contribution in [1.82, 2.24) is 0 Å². The quantitative estimate of drug-likeness (QED) is 0.282. The number of benzene rings is 4. The van der Waals surface area contributed by atoms with Gasteiger partial charge in [0.15, 0.2) is 0 Å². The van der Waals surface area contributed by atoms with Gasteiger partial charge in [-0.1, -0.05) is 100 Å². The van der Waals surface area contributed by atoms with Crippen LogP contribution in [0.25, 0.3) is 5.70 Å². The molecule has 2 aliphatic heterocycles. The van der Waals surface area contributed by atoms with Crippen molar-refractivity contribution in [3.63, 3.8) is 0 Å². The summed E-state index contributed by atoms with van der Waals surface area (Å²) in [5.74, 6) is 0. The van der Waals surface area contributed by atoms with Crippen LogP contribution < -0.4 is 15.1 Å². The summed E-state index contributed by atoms with van der Waals surface area (Å²) in [7, 11) is 0. The number of para-hydroxylation sites is 3. The normalized spacial score (nSPS) is 17.6. The molecule has 0 radical (unpaired) electrons. The Hall–Kier alpha value is -4.76. The fourth-order valence-electron chi connectivity index (χ4n) is 6.26. The number of fused-ring (bicyclic) bond motifs is 2.